The Hall–Kier alpha value is -2.28. The van der Waals surface area contributed by atoms with Gasteiger partial charge in [-0.3, -0.25) is 5.32 Å². The third-order valence-corrected chi connectivity index (χ3v) is 4.02. The number of carbonyl (C=O) groups is 1. The molecule has 0 bridgehead atoms. The van der Waals surface area contributed by atoms with Crippen LogP contribution in [0.2, 0.25) is 0 Å². The number of hydrogen-bond acceptors (Lipinski definition) is 5. The molecule has 2 N–H and O–H groups in total. The monoisotopic (exact) mass is 349 g/mol. The van der Waals surface area contributed by atoms with Crippen molar-refractivity contribution in [1.82, 2.24) is 10.3 Å². The van der Waals surface area contributed by atoms with Crippen LogP contribution in [0.3, 0.4) is 0 Å². The molecule has 7 heteroatoms. The van der Waals surface area contributed by atoms with E-state index in [1.165, 1.54) is 11.3 Å². The fourth-order valence-corrected chi connectivity index (χ4v) is 2.81. The van der Waals surface area contributed by atoms with Crippen molar-refractivity contribution in [2.75, 3.05) is 25.1 Å². The van der Waals surface area contributed by atoms with Crippen molar-refractivity contribution in [3.8, 4) is 11.5 Å². The molecule has 6 nitrogen and oxygen atoms in total. The number of rotatable bonds is 8. The van der Waals surface area contributed by atoms with E-state index in [9.17, 15) is 4.79 Å². The van der Waals surface area contributed by atoms with Gasteiger partial charge in [-0.05, 0) is 44.9 Å². The molecule has 0 aliphatic rings. The van der Waals surface area contributed by atoms with Gasteiger partial charge in [0.1, 0.15) is 0 Å². The molecule has 0 atom stereocenters. The van der Waals surface area contributed by atoms with Crippen molar-refractivity contribution >= 4 is 22.5 Å². The van der Waals surface area contributed by atoms with E-state index >= 15 is 0 Å². The van der Waals surface area contributed by atoms with E-state index in [2.05, 4.69) is 15.6 Å². The molecule has 0 aliphatic carbocycles. The highest BCUT2D eigenvalue weighted by Crippen LogP contribution is 2.28. The van der Waals surface area contributed by atoms with Crippen LogP contribution in [-0.2, 0) is 6.42 Å². The van der Waals surface area contributed by atoms with Crippen molar-refractivity contribution in [1.29, 1.82) is 0 Å². The first kappa shape index (κ1) is 18.1. The summed E-state index contributed by atoms with van der Waals surface area (Å²) in [4.78, 5) is 16.0. The third-order valence-electron chi connectivity index (χ3n) is 3.15. The van der Waals surface area contributed by atoms with E-state index in [4.69, 9.17) is 9.47 Å². The van der Waals surface area contributed by atoms with E-state index in [0.717, 1.165) is 22.8 Å². The quantitative estimate of drug-likeness (QED) is 0.763. The maximum absolute atomic E-state index is 11.8. The van der Waals surface area contributed by atoms with Crippen molar-refractivity contribution < 1.29 is 14.3 Å². The first-order valence-corrected chi connectivity index (χ1v) is 8.85. The van der Waals surface area contributed by atoms with Crippen LogP contribution in [0.15, 0.2) is 23.6 Å². The molecule has 24 heavy (non-hydrogen) atoms. The molecule has 1 heterocycles. The number of carbonyl (C=O) groups excluding carboxylic acids is 1. The molecule has 1 aromatic carbocycles. The summed E-state index contributed by atoms with van der Waals surface area (Å²) < 4.78 is 11.2. The molecule has 2 aromatic rings. The Labute approximate surface area is 146 Å². The summed E-state index contributed by atoms with van der Waals surface area (Å²) in [6.45, 7) is 7.47. The van der Waals surface area contributed by atoms with Gasteiger partial charge in [0.2, 0.25) is 0 Å². The van der Waals surface area contributed by atoms with Gasteiger partial charge in [0.05, 0.1) is 18.9 Å². The molecule has 0 spiro atoms. The Bertz CT molecular complexity index is 673. The number of benzene rings is 1. The Kier molecular flexibility index (Phi) is 6.87. The van der Waals surface area contributed by atoms with E-state index in [1.54, 1.807) is 0 Å². The molecular weight excluding hydrogens is 326 g/mol. The number of urea groups is 1. The summed E-state index contributed by atoms with van der Waals surface area (Å²) in [5.41, 5.74) is 1.97. The Morgan fingerprint density at radius 1 is 1.21 bits per heavy atom. The largest absolute Gasteiger partial charge is 0.490 e. The lowest BCUT2D eigenvalue weighted by Crippen LogP contribution is -2.30. The molecule has 130 valence electrons. The molecule has 2 amide bonds. The fourth-order valence-electron chi connectivity index (χ4n) is 2.12. The van der Waals surface area contributed by atoms with Gasteiger partial charge in [-0.15, -0.1) is 11.3 Å². The topological polar surface area (TPSA) is 72.5 Å². The zero-order chi connectivity index (χ0) is 17.4. The molecular formula is C17H23N3O3S. The Balaban J connectivity index is 1.84. The number of ether oxygens (including phenoxy) is 2. The molecule has 2 rings (SSSR count). The standard InChI is InChI=1S/C17H23N3O3S/c1-4-22-14-7-6-13(10-15(14)23-5-2)8-9-18-16(21)20-17-19-12(3)11-24-17/h6-7,10-11H,4-5,8-9H2,1-3H3,(H2,18,19,20,21). The van der Waals surface area contributed by atoms with Gasteiger partial charge in [0.25, 0.3) is 0 Å². The zero-order valence-electron chi connectivity index (χ0n) is 14.2. The average molecular weight is 349 g/mol. The first-order valence-electron chi connectivity index (χ1n) is 7.97. The summed E-state index contributed by atoms with van der Waals surface area (Å²) in [6.07, 6.45) is 0.705. The van der Waals surface area contributed by atoms with Crippen LogP contribution in [0, 0.1) is 6.92 Å². The van der Waals surface area contributed by atoms with E-state index in [1.807, 2.05) is 44.4 Å². The van der Waals surface area contributed by atoms with E-state index in [0.29, 0.717) is 31.3 Å². The summed E-state index contributed by atoms with van der Waals surface area (Å²) in [7, 11) is 0. The SMILES string of the molecule is CCOc1ccc(CCNC(=O)Nc2nc(C)cs2)cc1OCC. The second-order valence-corrected chi connectivity index (χ2v) is 5.93. The maximum Gasteiger partial charge on any atom is 0.321 e. The van der Waals surface area contributed by atoms with Crippen molar-refractivity contribution in [3.05, 3.63) is 34.8 Å². The minimum absolute atomic E-state index is 0.250. The van der Waals surface area contributed by atoms with Crippen LogP contribution in [0.4, 0.5) is 9.93 Å². The van der Waals surface area contributed by atoms with E-state index < -0.39 is 0 Å². The number of aryl methyl sites for hydroxylation is 1. The Morgan fingerprint density at radius 3 is 2.62 bits per heavy atom. The van der Waals surface area contributed by atoms with Crippen molar-refractivity contribution in [3.63, 3.8) is 0 Å². The van der Waals surface area contributed by atoms with Gasteiger partial charge < -0.3 is 14.8 Å². The molecule has 0 fully saturated rings. The van der Waals surface area contributed by atoms with E-state index in [-0.39, 0.29) is 6.03 Å². The normalized spacial score (nSPS) is 10.3. The molecule has 0 aliphatic heterocycles. The zero-order valence-corrected chi connectivity index (χ0v) is 15.0. The van der Waals surface area contributed by atoms with Gasteiger partial charge in [0.15, 0.2) is 16.6 Å². The van der Waals surface area contributed by atoms with Crippen molar-refractivity contribution in [2.45, 2.75) is 27.2 Å². The minimum atomic E-state index is -0.250. The second-order valence-electron chi connectivity index (χ2n) is 5.07. The summed E-state index contributed by atoms with van der Waals surface area (Å²) >= 11 is 1.41. The smallest absolute Gasteiger partial charge is 0.321 e. The number of nitrogens with one attached hydrogen (secondary N) is 2. The number of aromatic nitrogens is 1. The minimum Gasteiger partial charge on any atom is -0.490 e. The van der Waals surface area contributed by atoms with Crippen LogP contribution in [0.25, 0.3) is 0 Å². The number of hydrogen-bond donors (Lipinski definition) is 2. The van der Waals surface area contributed by atoms with Gasteiger partial charge in [0, 0.05) is 11.9 Å². The van der Waals surface area contributed by atoms with Crippen LogP contribution < -0.4 is 20.1 Å². The number of thiazole rings is 1. The molecule has 0 saturated heterocycles. The number of amides is 2. The van der Waals surface area contributed by atoms with Gasteiger partial charge in [-0.2, -0.15) is 0 Å². The highest BCUT2D eigenvalue weighted by molar-refractivity contribution is 7.13. The summed E-state index contributed by atoms with van der Waals surface area (Å²) in [5.74, 6) is 1.48. The lowest BCUT2D eigenvalue weighted by atomic mass is 10.1. The molecule has 0 unspecified atom stereocenters. The predicted octanol–water partition coefficient (Wildman–Crippen LogP) is 3.61. The molecule has 1 aromatic heterocycles. The summed E-state index contributed by atoms with van der Waals surface area (Å²) in [6, 6.07) is 5.60. The van der Waals surface area contributed by atoms with Gasteiger partial charge in [-0.1, -0.05) is 6.07 Å². The van der Waals surface area contributed by atoms with Crippen LogP contribution >= 0.6 is 11.3 Å². The van der Waals surface area contributed by atoms with Crippen LogP contribution in [0.5, 0.6) is 11.5 Å². The lowest BCUT2D eigenvalue weighted by molar-refractivity contribution is 0.252. The predicted molar refractivity (Wildman–Crippen MR) is 96.4 cm³/mol. The molecule has 0 saturated carbocycles. The first-order chi connectivity index (χ1) is 11.6. The molecule has 0 radical (unpaired) electrons. The van der Waals surface area contributed by atoms with Crippen molar-refractivity contribution in [2.24, 2.45) is 0 Å². The number of anilines is 1. The highest BCUT2D eigenvalue weighted by Gasteiger charge is 2.07. The average Bonchev–Trinajstić information content (AvgIpc) is 2.95. The van der Waals surface area contributed by atoms with Gasteiger partial charge >= 0.3 is 6.03 Å². The van der Waals surface area contributed by atoms with Gasteiger partial charge in [-0.25, -0.2) is 9.78 Å². The second kappa shape index (κ2) is 9.12. The highest BCUT2D eigenvalue weighted by atomic mass is 32.1. The lowest BCUT2D eigenvalue weighted by Gasteiger charge is -2.12. The third kappa shape index (κ3) is 5.42. The van der Waals surface area contributed by atoms with Crippen LogP contribution in [-0.4, -0.2) is 30.8 Å². The van der Waals surface area contributed by atoms with Crippen LogP contribution in [0.1, 0.15) is 25.1 Å². The fraction of sp³-hybridized carbons (Fsp3) is 0.412. The number of nitrogens with zero attached hydrogens (tertiary/aromatic N) is 1. The Morgan fingerprint density at radius 2 is 1.96 bits per heavy atom. The summed E-state index contributed by atoms with van der Waals surface area (Å²) in [5, 5.41) is 8.04. The maximum atomic E-state index is 11.8.